The van der Waals surface area contributed by atoms with Gasteiger partial charge < -0.3 is 5.43 Å². The lowest BCUT2D eigenvalue weighted by Gasteiger charge is -2.18. The number of nitrogens with zero attached hydrogens (tertiary/aromatic N) is 3. The summed E-state index contributed by atoms with van der Waals surface area (Å²) in [5, 5.41) is 12.8. The highest BCUT2D eigenvalue weighted by molar-refractivity contribution is 6.23. The highest BCUT2D eigenvalue weighted by atomic mass is 35.5. The Morgan fingerprint density at radius 1 is 0.774 bits per heavy atom. The third kappa shape index (κ3) is 14.4. The summed E-state index contributed by atoms with van der Waals surface area (Å²) in [4.78, 5) is -0.658. The number of halogens is 1. The van der Waals surface area contributed by atoms with Crippen molar-refractivity contribution < 1.29 is 0 Å². The number of hydrazone groups is 1. The Bertz CT molecular complexity index is 814. The summed E-state index contributed by atoms with van der Waals surface area (Å²) in [6.07, 6.45) is 1.60. The zero-order valence-corrected chi connectivity index (χ0v) is 21.2. The molecule has 0 aromatic heterocycles. The van der Waals surface area contributed by atoms with Gasteiger partial charge in [0.15, 0.2) is 5.00 Å². The second-order valence-electron chi connectivity index (χ2n) is 10.0. The van der Waals surface area contributed by atoms with E-state index in [1.54, 1.807) is 0 Å². The van der Waals surface area contributed by atoms with Gasteiger partial charge in [0, 0.05) is 24.1 Å². The molecule has 2 aromatic rings. The number of nitrogens with one attached hydrogen (secondary N) is 1. The molecule has 0 aliphatic heterocycles. The van der Waals surface area contributed by atoms with Gasteiger partial charge in [-0.2, -0.15) is 15.3 Å². The van der Waals surface area contributed by atoms with Crippen LogP contribution in [0.3, 0.4) is 0 Å². The van der Waals surface area contributed by atoms with E-state index in [4.69, 9.17) is 11.6 Å². The fraction of sp³-hybridized carbons (Fsp3) is 0.500. The minimum atomic E-state index is -0.658. The first kappa shape index (κ1) is 26.8. The van der Waals surface area contributed by atoms with E-state index < -0.39 is 5.00 Å². The predicted molar refractivity (Wildman–Crippen MR) is 135 cm³/mol. The Hall–Kier alpha value is -2.20. The molecular weight excluding hydrogens is 404 g/mol. The number of hydrogen-bond acceptors (Lipinski definition) is 4. The van der Waals surface area contributed by atoms with E-state index in [-0.39, 0.29) is 11.1 Å². The van der Waals surface area contributed by atoms with Crippen molar-refractivity contribution in [3.05, 3.63) is 71.8 Å². The van der Waals surface area contributed by atoms with Crippen LogP contribution in [0.4, 0.5) is 0 Å². The van der Waals surface area contributed by atoms with Crippen LogP contribution >= 0.6 is 11.6 Å². The second-order valence-corrected chi connectivity index (χ2v) is 10.9. The molecule has 0 saturated heterocycles. The van der Waals surface area contributed by atoms with Crippen LogP contribution in [0.1, 0.15) is 66.5 Å². The van der Waals surface area contributed by atoms with E-state index in [0.717, 1.165) is 12.1 Å². The van der Waals surface area contributed by atoms with Crippen molar-refractivity contribution in [2.24, 2.45) is 15.3 Å². The molecule has 0 fully saturated rings. The molecule has 0 aliphatic rings. The van der Waals surface area contributed by atoms with E-state index in [9.17, 15) is 0 Å². The maximum atomic E-state index is 6.32. The lowest BCUT2D eigenvalue weighted by Crippen LogP contribution is -2.32. The molecule has 0 radical (unpaired) electrons. The van der Waals surface area contributed by atoms with Gasteiger partial charge in [0.05, 0.1) is 5.54 Å². The SMILES string of the molecule is C/C(Cc1ccccc1)=N\NC(C)(C)C.CC(C)(C)N=NC(C)(Cl)Cc1ccccc1. The lowest BCUT2D eigenvalue weighted by molar-refractivity contribution is 0.440. The molecule has 2 aromatic carbocycles. The van der Waals surface area contributed by atoms with Gasteiger partial charge in [-0.05, 0) is 66.5 Å². The van der Waals surface area contributed by atoms with Gasteiger partial charge in [-0.25, -0.2) is 0 Å². The highest BCUT2D eigenvalue weighted by Gasteiger charge is 2.21. The minimum absolute atomic E-state index is 0.0396. The van der Waals surface area contributed by atoms with Crippen LogP contribution in [0.2, 0.25) is 0 Å². The van der Waals surface area contributed by atoms with E-state index in [0.29, 0.717) is 6.42 Å². The molecule has 31 heavy (non-hydrogen) atoms. The first-order chi connectivity index (χ1) is 14.3. The van der Waals surface area contributed by atoms with E-state index in [1.807, 2.05) is 71.0 Å². The normalized spacial score (nSPS) is 14.5. The van der Waals surface area contributed by atoms with Gasteiger partial charge in [0.25, 0.3) is 0 Å². The maximum Gasteiger partial charge on any atom is 0.155 e. The zero-order valence-electron chi connectivity index (χ0n) is 20.4. The third-order valence-electron chi connectivity index (χ3n) is 3.81. The summed E-state index contributed by atoms with van der Waals surface area (Å²) in [7, 11) is 0. The Labute approximate surface area is 194 Å². The summed E-state index contributed by atoms with van der Waals surface area (Å²) in [5.74, 6) is 0. The average Bonchev–Trinajstić information content (AvgIpc) is 2.66. The second kappa shape index (κ2) is 12.0. The Kier molecular flexibility index (Phi) is 10.4. The standard InChI is InChI=1S/C13H19ClN2.C13H20N2/c1-12(2,3)15-16-13(4,14)10-11-8-6-5-7-9-11;1-11(14-15-13(2,3)4)10-12-8-6-5-7-9-12/h5-9H,10H2,1-4H3;5-9,15H,10H2,1-4H3/b;14-11+. The number of benzene rings is 2. The van der Waals surface area contributed by atoms with Crippen LogP contribution in [-0.2, 0) is 12.8 Å². The smallest absolute Gasteiger partial charge is 0.155 e. The van der Waals surface area contributed by atoms with Gasteiger partial charge >= 0.3 is 0 Å². The van der Waals surface area contributed by atoms with Crippen molar-refractivity contribution in [1.82, 2.24) is 5.43 Å². The Morgan fingerprint density at radius 2 is 1.26 bits per heavy atom. The van der Waals surface area contributed by atoms with Gasteiger partial charge in [-0.3, -0.25) is 0 Å². The Balaban J connectivity index is 0.000000311. The number of hydrogen-bond donors (Lipinski definition) is 1. The van der Waals surface area contributed by atoms with Crippen LogP contribution in [-0.4, -0.2) is 21.8 Å². The number of rotatable bonds is 6. The highest BCUT2D eigenvalue weighted by Crippen LogP contribution is 2.24. The first-order valence-electron chi connectivity index (χ1n) is 10.8. The van der Waals surface area contributed by atoms with Crippen molar-refractivity contribution in [2.45, 2.75) is 84.3 Å². The van der Waals surface area contributed by atoms with Crippen molar-refractivity contribution >= 4 is 17.3 Å². The molecular formula is C26H39ClN4. The van der Waals surface area contributed by atoms with Gasteiger partial charge in [0.2, 0.25) is 0 Å². The molecule has 0 heterocycles. The van der Waals surface area contributed by atoms with Gasteiger partial charge in [-0.1, -0.05) is 72.3 Å². The minimum Gasteiger partial charge on any atom is -0.305 e. The summed E-state index contributed by atoms with van der Waals surface area (Å²) in [6.45, 7) is 16.3. The topological polar surface area (TPSA) is 49.1 Å². The molecule has 0 spiro atoms. The summed E-state index contributed by atoms with van der Waals surface area (Å²) in [5.41, 5.74) is 6.58. The molecule has 0 bridgehead atoms. The summed E-state index contributed by atoms with van der Waals surface area (Å²) in [6, 6.07) is 20.5. The van der Waals surface area contributed by atoms with E-state index in [2.05, 4.69) is 65.8 Å². The predicted octanol–water partition coefficient (Wildman–Crippen LogP) is 7.43. The summed E-state index contributed by atoms with van der Waals surface area (Å²) >= 11 is 6.32. The quantitative estimate of drug-likeness (QED) is 0.163. The van der Waals surface area contributed by atoms with E-state index in [1.165, 1.54) is 11.1 Å². The van der Waals surface area contributed by atoms with Gasteiger partial charge in [-0.15, -0.1) is 0 Å². The van der Waals surface area contributed by atoms with Crippen molar-refractivity contribution in [3.8, 4) is 0 Å². The largest absolute Gasteiger partial charge is 0.305 e. The van der Waals surface area contributed by atoms with Crippen LogP contribution in [0.5, 0.6) is 0 Å². The molecule has 2 rings (SSSR count). The number of alkyl halides is 1. The van der Waals surface area contributed by atoms with Gasteiger partial charge in [0.1, 0.15) is 0 Å². The molecule has 0 aliphatic carbocycles. The molecule has 1 N–H and O–H groups in total. The van der Waals surface area contributed by atoms with Crippen LogP contribution < -0.4 is 5.43 Å². The van der Waals surface area contributed by atoms with Crippen molar-refractivity contribution in [1.29, 1.82) is 0 Å². The van der Waals surface area contributed by atoms with Crippen LogP contribution in [0.15, 0.2) is 76.0 Å². The van der Waals surface area contributed by atoms with Crippen LogP contribution in [0.25, 0.3) is 0 Å². The average molecular weight is 443 g/mol. The molecule has 4 nitrogen and oxygen atoms in total. The number of azo groups is 1. The molecule has 170 valence electrons. The molecule has 1 unspecified atom stereocenters. The zero-order chi connectivity index (χ0) is 23.5. The summed E-state index contributed by atoms with van der Waals surface area (Å²) < 4.78 is 0. The van der Waals surface area contributed by atoms with Crippen LogP contribution in [0, 0.1) is 0 Å². The van der Waals surface area contributed by atoms with E-state index >= 15 is 0 Å². The Morgan fingerprint density at radius 3 is 1.71 bits per heavy atom. The fourth-order valence-electron chi connectivity index (χ4n) is 2.45. The van der Waals surface area contributed by atoms with Crippen molar-refractivity contribution in [2.75, 3.05) is 0 Å². The maximum absolute atomic E-state index is 6.32. The van der Waals surface area contributed by atoms with Crippen molar-refractivity contribution in [3.63, 3.8) is 0 Å². The third-order valence-corrected chi connectivity index (χ3v) is 4.02. The molecule has 5 heteroatoms. The monoisotopic (exact) mass is 442 g/mol. The fourth-order valence-corrected chi connectivity index (χ4v) is 2.64. The first-order valence-corrected chi connectivity index (χ1v) is 11.1. The lowest BCUT2D eigenvalue weighted by atomic mass is 10.1. The molecule has 1 atom stereocenters. The molecule has 0 saturated carbocycles. The molecule has 0 amide bonds.